The lowest BCUT2D eigenvalue weighted by atomic mass is 10.1. The van der Waals surface area contributed by atoms with Crippen molar-refractivity contribution in [3.05, 3.63) is 29.3 Å². The summed E-state index contributed by atoms with van der Waals surface area (Å²) in [4.78, 5) is -2.65. The van der Waals surface area contributed by atoms with E-state index in [1.54, 1.807) is 0 Å². The first-order valence-electron chi connectivity index (χ1n) is 3.65. The summed E-state index contributed by atoms with van der Waals surface area (Å²) >= 11 is 16.1. The Kier molecular flexibility index (Phi) is 3.64. The highest BCUT2D eigenvalue weighted by atomic mass is 35.9. The summed E-state index contributed by atoms with van der Waals surface area (Å²) in [6.07, 6.45) is 0. The maximum Gasteiger partial charge on any atom is 0.289 e. The average molecular weight is 255 g/mol. The van der Waals surface area contributed by atoms with Crippen molar-refractivity contribution in [1.29, 1.82) is 0 Å². The van der Waals surface area contributed by atoms with Crippen LogP contribution in [-0.4, -0.2) is 0 Å². The van der Waals surface area contributed by atoms with Gasteiger partial charge in [0.15, 0.2) is 0 Å². The Morgan fingerprint density at radius 1 is 1.31 bits per heavy atom. The number of aryl methyl sites for hydroxylation is 2. The second-order valence-electron chi connectivity index (χ2n) is 2.77. The molecule has 0 bridgehead atoms. The van der Waals surface area contributed by atoms with E-state index < -0.39 is 4.97 Å². The molecule has 0 saturated carbocycles. The van der Waals surface area contributed by atoms with Crippen molar-refractivity contribution >= 4 is 39.3 Å². The summed E-state index contributed by atoms with van der Waals surface area (Å²) in [6.45, 7) is 3.94. The number of hydrogen-bond acceptors (Lipinski definition) is 2. The summed E-state index contributed by atoms with van der Waals surface area (Å²) < 4.78 is 5.24. The van der Waals surface area contributed by atoms with Crippen molar-refractivity contribution in [1.82, 2.24) is 0 Å². The third-order valence-corrected chi connectivity index (χ3v) is 2.58. The first-order valence-corrected chi connectivity index (χ1v) is 8.18. The molecular weight excluding hydrogens is 246 g/mol. The minimum absolute atomic E-state index is 0.666. The number of hydrogen-bond donors (Lipinski definition) is 0. The van der Waals surface area contributed by atoms with E-state index in [-0.39, 0.29) is 0 Å². The molecule has 1 aromatic rings. The quantitative estimate of drug-likeness (QED) is 0.725. The Labute approximate surface area is 92.7 Å². The van der Waals surface area contributed by atoms with Crippen LogP contribution < -0.4 is 4.52 Å². The van der Waals surface area contributed by atoms with Gasteiger partial charge in [0.2, 0.25) is 0 Å². The lowest BCUT2D eigenvalue weighted by Crippen LogP contribution is -1.86. The summed E-state index contributed by atoms with van der Waals surface area (Å²) in [6, 6.07) is 5.76. The molecule has 0 spiro atoms. The number of halogens is 2. The zero-order valence-corrected chi connectivity index (χ0v) is 10.5. The van der Waals surface area contributed by atoms with Gasteiger partial charge >= 0.3 is 0 Å². The van der Waals surface area contributed by atoms with Gasteiger partial charge in [-0.3, -0.25) is 0 Å². The predicted octanol–water partition coefficient (Wildman–Crippen LogP) is 4.38. The van der Waals surface area contributed by atoms with Gasteiger partial charge in [-0.25, -0.2) is 0 Å². The molecule has 0 aliphatic heterocycles. The third-order valence-electron chi connectivity index (χ3n) is 1.54. The van der Waals surface area contributed by atoms with Crippen molar-refractivity contribution in [2.75, 3.05) is 0 Å². The Hall–Kier alpha value is 0.250. The van der Waals surface area contributed by atoms with Crippen LogP contribution in [0.3, 0.4) is 0 Å². The van der Waals surface area contributed by atoms with Gasteiger partial charge in [0.05, 0.1) is 0 Å². The average Bonchev–Trinajstić information content (AvgIpc) is 1.93. The molecular formula is C8H9Cl2OPS. The van der Waals surface area contributed by atoms with E-state index in [0.29, 0.717) is 5.75 Å². The van der Waals surface area contributed by atoms with Crippen LogP contribution in [0.1, 0.15) is 11.1 Å². The molecule has 1 nitrogen and oxygen atoms in total. The van der Waals surface area contributed by atoms with Crippen LogP contribution in [0.2, 0.25) is 0 Å². The fourth-order valence-electron chi connectivity index (χ4n) is 1.02. The van der Waals surface area contributed by atoms with E-state index in [1.165, 1.54) is 5.56 Å². The summed E-state index contributed by atoms with van der Waals surface area (Å²) in [5.41, 5.74) is 2.16. The molecule has 0 aliphatic carbocycles. The minimum Gasteiger partial charge on any atom is -0.441 e. The molecule has 0 atom stereocenters. The van der Waals surface area contributed by atoms with Crippen molar-refractivity contribution < 1.29 is 4.52 Å². The van der Waals surface area contributed by atoms with E-state index in [1.807, 2.05) is 32.0 Å². The van der Waals surface area contributed by atoms with Gasteiger partial charge in [-0.1, -0.05) is 17.7 Å². The first-order chi connectivity index (χ1) is 5.88. The zero-order chi connectivity index (χ0) is 10.1. The lowest BCUT2D eigenvalue weighted by Gasteiger charge is -2.11. The molecule has 0 saturated heterocycles. The van der Waals surface area contributed by atoms with Gasteiger partial charge in [0.25, 0.3) is 4.97 Å². The van der Waals surface area contributed by atoms with E-state index in [4.69, 9.17) is 38.8 Å². The van der Waals surface area contributed by atoms with Crippen molar-refractivity contribution in [2.45, 2.75) is 13.8 Å². The standard InChI is InChI=1S/C8H9Cl2OPS/c1-6-3-4-8(7(2)5-6)11-12(9,10)13/h3-5H,1-2H3. The number of benzene rings is 1. The SMILES string of the molecule is Cc1ccc(OP(=S)(Cl)Cl)c(C)c1. The van der Waals surface area contributed by atoms with Gasteiger partial charge in [-0.05, 0) is 59.8 Å². The molecule has 0 fully saturated rings. The molecule has 1 rings (SSSR count). The molecule has 0 aromatic heterocycles. The van der Waals surface area contributed by atoms with Crippen LogP contribution in [0.25, 0.3) is 0 Å². The van der Waals surface area contributed by atoms with Gasteiger partial charge in [-0.15, -0.1) is 0 Å². The monoisotopic (exact) mass is 254 g/mol. The third kappa shape index (κ3) is 3.86. The van der Waals surface area contributed by atoms with E-state index >= 15 is 0 Å². The van der Waals surface area contributed by atoms with Crippen LogP contribution >= 0.6 is 27.5 Å². The van der Waals surface area contributed by atoms with Crippen molar-refractivity contribution in [3.63, 3.8) is 0 Å². The van der Waals surface area contributed by atoms with Crippen LogP contribution in [-0.2, 0) is 11.8 Å². The number of rotatable bonds is 2. The maximum atomic E-state index is 5.65. The van der Waals surface area contributed by atoms with Gasteiger partial charge in [0, 0.05) is 0 Å². The van der Waals surface area contributed by atoms with E-state index in [2.05, 4.69) is 0 Å². The largest absolute Gasteiger partial charge is 0.441 e. The van der Waals surface area contributed by atoms with Crippen LogP contribution in [0.5, 0.6) is 5.75 Å². The maximum absolute atomic E-state index is 5.65. The Balaban J connectivity index is 2.97. The highest BCUT2D eigenvalue weighted by molar-refractivity contribution is 8.36. The Morgan fingerprint density at radius 3 is 2.38 bits per heavy atom. The zero-order valence-electron chi connectivity index (χ0n) is 7.25. The normalized spacial score (nSPS) is 11.4. The van der Waals surface area contributed by atoms with Gasteiger partial charge < -0.3 is 4.52 Å². The molecule has 72 valence electrons. The molecule has 1 aromatic carbocycles. The van der Waals surface area contributed by atoms with Gasteiger partial charge in [-0.2, -0.15) is 0 Å². The summed E-state index contributed by atoms with van der Waals surface area (Å²) in [5.74, 6) is 0.666. The topological polar surface area (TPSA) is 9.23 Å². The lowest BCUT2D eigenvalue weighted by molar-refractivity contribution is 0.629. The Morgan fingerprint density at radius 2 is 1.92 bits per heavy atom. The van der Waals surface area contributed by atoms with Gasteiger partial charge in [0.1, 0.15) is 5.75 Å². The second-order valence-corrected chi connectivity index (χ2v) is 9.91. The fourth-order valence-corrected chi connectivity index (χ4v) is 2.14. The summed E-state index contributed by atoms with van der Waals surface area (Å²) in [5, 5.41) is 0. The Bertz CT molecular complexity index is 361. The second kappa shape index (κ2) is 4.18. The minimum atomic E-state index is -2.65. The molecule has 0 heterocycles. The van der Waals surface area contributed by atoms with Crippen LogP contribution in [0.15, 0.2) is 18.2 Å². The predicted molar refractivity (Wildman–Crippen MR) is 62.5 cm³/mol. The summed E-state index contributed by atoms with van der Waals surface area (Å²) in [7, 11) is 0. The molecule has 13 heavy (non-hydrogen) atoms. The fraction of sp³-hybridized carbons (Fsp3) is 0.250. The van der Waals surface area contributed by atoms with Crippen LogP contribution in [0, 0.1) is 13.8 Å². The molecule has 0 amide bonds. The van der Waals surface area contributed by atoms with E-state index in [0.717, 1.165) is 5.56 Å². The smallest absolute Gasteiger partial charge is 0.289 e. The molecule has 5 heteroatoms. The van der Waals surface area contributed by atoms with Crippen molar-refractivity contribution in [2.24, 2.45) is 0 Å². The molecule has 0 radical (unpaired) electrons. The van der Waals surface area contributed by atoms with E-state index in [9.17, 15) is 0 Å². The molecule has 0 unspecified atom stereocenters. The highest BCUT2D eigenvalue weighted by Crippen LogP contribution is 2.57. The highest BCUT2D eigenvalue weighted by Gasteiger charge is 2.11. The molecule has 0 aliphatic rings. The molecule has 0 N–H and O–H groups in total. The van der Waals surface area contributed by atoms with Crippen LogP contribution in [0.4, 0.5) is 0 Å². The van der Waals surface area contributed by atoms with Crippen molar-refractivity contribution in [3.8, 4) is 5.75 Å². The first kappa shape index (κ1) is 11.3.